The first-order valence-electron chi connectivity index (χ1n) is 7.24. The van der Waals surface area contributed by atoms with Gasteiger partial charge in [-0.25, -0.2) is 9.59 Å². The molecule has 0 aromatic carbocycles. The van der Waals surface area contributed by atoms with Crippen LogP contribution < -0.4 is 16.4 Å². The number of piperidine rings is 1. The van der Waals surface area contributed by atoms with Crippen molar-refractivity contribution in [2.75, 3.05) is 19.6 Å². The number of hydrogen-bond donors (Lipinski definition) is 4. The van der Waals surface area contributed by atoms with Crippen molar-refractivity contribution in [1.29, 1.82) is 0 Å². The van der Waals surface area contributed by atoms with Gasteiger partial charge in [0, 0.05) is 19.0 Å². The number of primary amides is 1. The van der Waals surface area contributed by atoms with Crippen molar-refractivity contribution in [3.63, 3.8) is 0 Å². The Hall–Kier alpha value is -1.83. The van der Waals surface area contributed by atoms with Crippen molar-refractivity contribution in [3.05, 3.63) is 0 Å². The summed E-state index contributed by atoms with van der Waals surface area (Å²) in [5.41, 5.74) is 5.01. The van der Waals surface area contributed by atoms with Gasteiger partial charge in [0.25, 0.3) is 0 Å². The highest BCUT2D eigenvalue weighted by Crippen LogP contribution is 2.12. The zero-order valence-electron chi connectivity index (χ0n) is 12.3. The molecule has 21 heavy (non-hydrogen) atoms. The van der Waals surface area contributed by atoms with E-state index in [4.69, 9.17) is 10.8 Å². The van der Waals surface area contributed by atoms with Crippen LogP contribution in [-0.2, 0) is 9.59 Å². The fraction of sp³-hybridized carbons (Fsp3) is 0.769. The monoisotopic (exact) mass is 300 g/mol. The Labute approximate surface area is 124 Å². The molecule has 3 amide bonds. The van der Waals surface area contributed by atoms with E-state index in [1.54, 1.807) is 4.90 Å². The molecule has 1 atom stereocenters. The van der Waals surface area contributed by atoms with E-state index in [9.17, 15) is 14.4 Å². The number of aliphatic carboxylic acids is 1. The lowest BCUT2D eigenvalue weighted by atomic mass is 10.1. The lowest BCUT2D eigenvalue weighted by molar-refractivity contribution is -0.139. The van der Waals surface area contributed by atoms with Crippen molar-refractivity contribution in [2.24, 2.45) is 5.73 Å². The average molecular weight is 300 g/mol. The molecular formula is C13H24N4O4. The van der Waals surface area contributed by atoms with Gasteiger partial charge in [-0.05, 0) is 39.3 Å². The molecule has 1 aliphatic rings. The number of carboxylic acid groups (broad SMARTS) is 1. The van der Waals surface area contributed by atoms with E-state index in [1.807, 2.05) is 6.92 Å². The van der Waals surface area contributed by atoms with Gasteiger partial charge in [-0.3, -0.25) is 4.79 Å². The molecule has 1 fully saturated rings. The molecule has 1 rings (SSSR count). The SMILES string of the molecule is CCN(C(=O)NC(CCC(N)=O)C(=O)O)C1CCNCC1. The Balaban J connectivity index is 2.60. The Morgan fingerprint density at radius 3 is 2.48 bits per heavy atom. The summed E-state index contributed by atoms with van der Waals surface area (Å²) in [5, 5.41) is 14.8. The van der Waals surface area contributed by atoms with Gasteiger partial charge in [0.1, 0.15) is 6.04 Å². The number of carbonyl (C=O) groups excluding carboxylic acids is 2. The Bertz CT molecular complexity index is 382. The second-order valence-electron chi connectivity index (χ2n) is 5.11. The van der Waals surface area contributed by atoms with Crippen molar-refractivity contribution >= 4 is 17.9 Å². The van der Waals surface area contributed by atoms with Crippen LogP contribution in [0.4, 0.5) is 4.79 Å². The fourth-order valence-corrected chi connectivity index (χ4v) is 2.46. The molecule has 0 aromatic rings. The number of nitrogens with zero attached hydrogens (tertiary/aromatic N) is 1. The minimum Gasteiger partial charge on any atom is -0.480 e. The molecule has 5 N–H and O–H groups in total. The largest absolute Gasteiger partial charge is 0.480 e. The van der Waals surface area contributed by atoms with Crippen LogP contribution in [0, 0.1) is 0 Å². The van der Waals surface area contributed by atoms with Gasteiger partial charge in [0.15, 0.2) is 0 Å². The number of amides is 3. The number of carboxylic acids is 1. The minimum atomic E-state index is -1.16. The molecule has 0 aliphatic carbocycles. The quantitative estimate of drug-likeness (QED) is 0.504. The van der Waals surface area contributed by atoms with Crippen LogP contribution in [0.1, 0.15) is 32.6 Å². The minimum absolute atomic E-state index is 0.000182. The lowest BCUT2D eigenvalue weighted by Gasteiger charge is -2.34. The molecule has 8 heteroatoms. The third kappa shape index (κ3) is 5.58. The fourth-order valence-electron chi connectivity index (χ4n) is 2.46. The van der Waals surface area contributed by atoms with Gasteiger partial charge in [0.2, 0.25) is 5.91 Å². The van der Waals surface area contributed by atoms with E-state index in [0.29, 0.717) is 6.54 Å². The normalized spacial score (nSPS) is 17.0. The number of rotatable bonds is 7. The van der Waals surface area contributed by atoms with E-state index in [-0.39, 0.29) is 18.9 Å². The van der Waals surface area contributed by atoms with Crippen molar-refractivity contribution in [1.82, 2.24) is 15.5 Å². The van der Waals surface area contributed by atoms with E-state index in [0.717, 1.165) is 25.9 Å². The summed E-state index contributed by atoms with van der Waals surface area (Å²) >= 11 is 0. The van der Waals surface area contributed by atoms with Gasteiger partial charge in [-0.1, -0.05) is 0 Å². The molecule has 120 valence electrons. The zero-order chi connectivity index (χ0) is 15.8. The van der Waals surface area contributed by atoms with Gasteiger partial charge in [0.05, 0.1) is 0 Å². The predicted octanol–water partition coefficient (Wildman–Crippen LogP) is -0.511. The second kappa shape index (κ2) is 8.46. The maximum absolute atomic E-state index is 12.2. The predicted molar refractivity (Wildman–Crippen MR) is 76.7 cm³/mol. The summed E-state index contributed by atoms with van der Waals surface area (Å²) in [6, 6.07) is -1.39. The van der Waals surface area contributed by atoms with E-state index in [1.165, 1.54) is 0 Å². The summed E-state index contributed by atoms with van der Waals surface area (Å²) < 4.78 is 0. The van der Waals surface area contributed by atoms with Crippen LogP contribution in [0.2, 0.25) is 0 Å². The molecule has 1 unspecified atom stereocenters. The summed E-state index contributed by atoms with van der Waals surface area (Å²) in [4.78, 5) is 35.8. The molecule has 0 saturated carbocycles. The molecule has 1 aliphatic heterocycles. The van der Waals surface area contributed by atoms with Crippen LogP contribution in [0.15, 0.2) is 0 Å². The Kier molecular flexibility index (Phi) is 6.93. The molecule has 0 aromatic heterocycles. The number of carbonyl (C=O) groups is 3. The van der Waals surface area contributed by atoms with Gasteiger partial charge in [-0.15, -0.1) is 0 Å². The van der Waals surface area contributed by atoms with Gasteiger partial charge < -0.3 is 26.4 Å². The number of hydrogen-bond acceptors (Lipinski definition) is 4. The first kappa shape index (κ1) is 17.2. The third-order valence-electron chi connectivity index (χ3n) is 3.63. The van der Waals surface area contributed by atoms with Crippen LogP contribution in [0.5, 0.6) is 0 Å². The summed E-state index contributed by atoms with van der Waals surface area (Å²) in [6.07, 6.45) is 1.62. The Morgan fingerprint density at radius 1 is 1.38 bits per heavy atom. The molecule has 1 heterocycles. The van der Waals surface area contributed by atoms with Crippen molar-refractivity contribution < 1.29 is 19.5 Å². The third-order valence-corrected chi connectivity index (χ3v) is 3.63. The number of urea groups is 1. The Morgan fingerprint density at radius 2 is 2.00 bits per heavy atom. The summed E-state index contributed by atoms with van der Waals surface area (Å²) in [5.74, 6) is -1.74. The maximum Gasteiger partial charge on any atom is 0.326 e. The molecule has 1 saturated heterocycles. The molecule has 0 radical (unpaired) electrons. The highest BCUT2D eigenvalue weighted by Gasteiger charge is 2.27. The van der Waals surface area contributed by atoms with Crippen LogP contribution in [-0.4, -0.2) is 59.6 Å². The number of nitrogens with two attached hydrogens (primary N) is 1. The van der Waals surface area contributed by atoms with Crippen molar-refractivity contribution in [2.45, 2.75) is 44.7 Å². The first-order chi connectivity index (χ1) is 9.95. The van der Waals surface area contributed by atoms with E-state index < -0.39 is 23.9 Å². The highest BCUT2D eigenvalue weighted by atomic mass is 16.4. The average Bonchev–Trinajstić information content (AvgIpc) is 2.44. The molecular weight excluding hydrogens is 276 g/mol. The highest BCUT2D eigenvalue weighted by molar-refractivity contribution is 5.83. The number of nitrogens with one attached hydrogen (secondary N) is 2. The van der Waals surface area contributed by atoms with Crippen LogP contribution in [0.25, 0.3) is 0 Å². The van der Waals surface area contributed by atoms with Gasteiger partial charge >= 0.3 is 12.0 Å². The second-order valence-corrected chi connectivity index (χ2v) is 5.11. The molecule has 8 nitrogen and oxygen atoms in total. The molecule has 0 bridgehead atoms. The van der Waals surface area contributed by atoms with E-state index >= 15 is 0 Å². The smallest absolute Gasteiger partial charge is 0.326 e. The molecule has 0 spiro atoms. The summed E-state index contributed by atoms with van der Waals surface area (Å²) in [7, 11) is 0. The van der Waals surface area contributed by atoms with Crippen LogP contribution >= 0.6 is 0 Å². The van der Waals surface area contributed by atoms with E-state index in [2.05, 4.69) is 10.6 Å². The first-order valence-corrected chi connectivity index (χ1v) is 7.24. The van der Waals surface area contributed by atoms with Crippen molar-refractivity contribution in [3.8, 4) is 0 Å². The maximum atomic E-state index is 12.2. The topological polar surface area (TPSA) is 125 Å². The lowest BCUT2D eigenvalue weighted by Crippen LogP contribution is -2.53. The summed E-state index contributed by atoms with van der Waals surface area (Å²) in [6.45, 7) is 4.07. The standard InChI is InChI=1S/C13H24N4O4/c1-2-17(9-5-7-15-8-6-9)13(21)16-10(12(19)20)3-4-11(14)18/h9-10,15H,2-8H2,1H3,(H2,14,18)(H,16,21)(H,19,20). The van der Waals surface area contributed by atoms with Crippen LogP contribution in [0.3, 0.4) is 0 Å². The zero-order valence-corrected chi connectivity index (χ0v) is 12.3. The van der Waals surface area contributed by atoms with Gasteiger partial charge in [-0.2, -0.15) is 0 Å².